The second-order valence-electron chi connectivity index (χ2n) is 3.99. The van der Waals surface area contributed by atoms with Crippen LogP contribution in [-0.2, 0) is 7.05 Å². The molecule has 4 heteroatoms. The third kappa shape index (κ3) is 2.06. The molecule has 17 heavy (non-hydrogen) atoms. The van der Waals surface area contributed by atoms with E-state index < -0.39 is 0 Å². The molecule has 0 radical (unpaired) electrons. The van der Waals surface area contributed by atoms with Crippen LogP contribution < -0.4 is 5.73 Å². The highest BCUT2D eigenvalue weighted by atomic mass is 35.5. The summed E-state index contributed by atoms with van der Waals surface area (Å²) in [5, 5.41) is 0.542. The molecule has 0 aliphatic rings. The van der Waals surface area contributed by atoms with E-state index in [9.17, 15) is 4.79 Å². The van der Waals surface area contributed by atoms with Gasteiger partial charge in [-0.05, 0) is 25.1 Å². The number of anilines is 1. The van der Waals surface area contributed by atoms with E-state index in [1.165, 1.54) is 0 Å². The third-order valence-corrected chi connectivity index (χ3v) is 3.04. The largest absolute Gasteiger partial charge is 0.397 e. The molecule has 0 atom stereocenters. The Labute approximate surface area is 105 Å². The van der Waals surface area contributed by atoms with Gasteiger partial charge in [0.2, 0.25) is 5.78 Å². The first-order chi connectivity index (χ1) is 8.00. The Morgan fingerprint density at radius 2 is 2.06 bits per heavy atom. The molecule has 0 fully saturated rings. The van der Waals surface area contributed by atoms with Crippen LogP contribution in [0, 0.1) is 6.92 Å². The van der Waals surface area contributed by atoms with E-state index in [4.69, 9.17) is 17.3 Å². The fourth-order valence-electron chi connectivity index (χ4n) is 1.81. The van der Waals surface area contributed by atoms with Gasteiger partial charge >= 0.3 is 0 Å². The van der Waals surface area contributed by atoms with Crippen molar-refractivity contribution in [2.24, 2.45) is 7.05 Å². The molecule has 3 nitrogen and oxygen atoms in total. The minimum absolute atomic E-state index is 0.111. The molecule has 1 aromatic heterocycles. The van der Waals surface area contributed by atoms with Gasteiger partial charge in [-0.3, -0.25) is 4.79 Å². The molecule has 2 N–H and O–H groups in total. The van der Waals surface area contributed by atoms with E-state index in [0.29, 0.717) is 22.0 Å². The summed E-state index contributed by atoms with van der Waals surface area (Å²) in [6.45, 7) is 1.91. The van der Waals surface area contributed by atoms with Crippen LogP contribution in [0.3, 0.4) is 0 Å². The normalized spacial score (nSPS) is 10.5. The average molecular weight is 249 g/mol. The summed E-state index contributed by atoms with van der Waals surface area (Å²) < 4.78 is 1.79. The molecule has 1 heterocycles. The first-order valence-electron chi connectivity index (χ1n) is 5.22. The number of ketones is 1. The lowest BCUT2D eigenvalue weighted by Gasteiger charge is -2.06. The summed E-state index contributed by atoms with van der Waals surface area (Å²) >= 11 is 5.87. The monoisotopic (exact) mass is 248 g/mol. The summed E-state index contributed by atoms with van der Waals surface area (Å²) in [6, 6.07) is 8.65. The minimum atomic E-state index is -0.111. The zero-order valence-electron chi connectivity index (χ0n) is 9.70. The Hall–Kier alpha value is -1.74. The van der Waals surface area contributed by atoms with Crippen LogP contribution in [0.25, 0.3) is 0 Å². The van der Waals surface area contributed by atoms with Crippen molar-refractivity contribution in [2.75, 3.05) is 5.73 Å². The Morgan fingerprint density at radius 3 is 2.59 bits per heavy atom. The van der Waals surface area contributed by atoms with Crippen LogP contribution in [-0.4, -0.2) is 10.4 Å². The topological polar surface area (TPSA) is 48.0 Å². The van der Waals surface area contributed by atoms with Gasteiger partial charge in [-0.25, -0.2) is 0 Å². The highest BCUT2D eigenvalue weighted by Crippen LogP contribution is 2.21. The van der Waals surface area contributed by atoms with Gasteiger partial charge < -0.3 is 10.3 Å². The van der Waals surface area contributed by atoms with E-state index in [1.807, 2.05) is 14.0 Å². The van der Waals surface area contributed by atoms with Crippen LogP contribution in [0.15, 0.2) is 30.3 Å². The number of aryl methyl sites for hydroxylation is 1. The van der Waals surface area contributed by atoms with E-state index in [2.05, 4.69) is 0 Å². The first kappa shape index (κ1) is 11.7. The van der Waals surface area contributed by atoms with Crippen LogP contribution in [0.5, 0.6) is 0 Å². The predicted molar refractivity (Wildman–Crippen MR) is 69.4 cm³/mol. The highest BCUT2D eigenvalue weighted by Gasteiger charge is 2.17. The number of nitrogens with two attached hydrogens (primary N) is 1. The molecule has 0 spiro atoms. The molecular formula is C13H13ClN2O. The quantitative estimate of drug-likeness (QED) is 0.831. The Bertz CT molecular complexity index is 587. The van der Waals surface area contributed by atoms with E-state index >= 15 is 0 Å². The van der Waals surface area contributed by atoms with Gasteiger partial charge in [-0.15, -0.1) is 0 Å². The molecule has 2 aromatic rings. The summed E-state index contributed by atoms with van der Waals surface area (Å²) in [6.07, 6.45) is 0. The fraction of sp³-hybridized carbons (Fsp3) is 0.154. The number of aromatic nitrogens is 1. The van der Waals surface area contributed by atoms with Crippen LogP contribution >= 0.6 is 11.6 Å². The molecule has 0 bridgehead atoms. The SMILES string of the molecule is Cc1cc(N)c(C(=O)c2cccc(Cl)c2)n1C. The first-order valence-corrected chi connectivity index (χ1v) is 5.60. The number of benzene rings is 1. The number of hydrogen-bond donors (Lipinski definition) is 1. The van der Waals surface area contributed by atoms with Gasteiger partial charge in [-0.1, -0.05) is 23.7 Å². The van der Waals surface area contributed by atoms with Gasteiger partial charge in [0.25, 0.3) is 0 Å². The Morgan fingerprint density at radius 1 is 1.35 bits per heavy atom. The van der Waals surface area contributed by atoms with Crippen molar-refractivity contribution in [2.45, 2.75) is 6.92 Å². The molecular weight excluding hydrogens is 236 g/mol. The maximum atomic E-state index is 12.3. The number of nitrogens with zero attached hydrogens (tertiary/aromatic N) is 1. The van der Waals surface area contributed by atoms with Crippen LogP contribution in [0.2, 0.25) is 5.02 Å². The molecule has 0 aliphatic carbocycles. The molecule has 0 aliphatic heterocycles. The second-order valence-corrected chi connectivity index (χ2v) is 4.42. The molecule has 2 rings (SSSR count). The van der Waals surface area contributed by atoms with Gasteiger partial charge in [0.05, 0.1) is 5.69 Å². The number of halogens is 1. The molecule has 0 saturated heterocycles. The lowest BCUT2D eigenvalue weighted by Crippen LogP contribution is -2.10. The summed E-state index contributed by atoms with van der Waals surface area (Å²) in [5.74, 6) is -0.111. The number of nitrogen functional groups attached to an aromatic ring is 1. The molecule has 0 amide bonds. The van der Waals surface area contributed by atoms with Crippen molar-refractivity contribution in [3.05, 3.63) is 52.3 Å². The Kier molecular flexibility index (Phi) is 2.94. The average Bonchev–Trinajstić information content (AvgIpc) is 2.52. The fourth-order valence-corrected chi connectivity index (χ4v) is 2.00. The lowest BCUT2D eigenvalue weighted by atomic mass is 10.1. The van der Waals surface area contributed by atoms with Crippen molar-refractivity contribution in [1.29, 1.82) is 0 Å². The van der Waals surface area contributed by atoms with Gasteiger partial charge in [0.1, 0.15) is 5.69 Å². The zero-order chi connectivity index (χ0) is 12.6. The third-order valence-electron chi connectivity index (χ3n) is 2.80. The van der Waals surface area contributed by atoms with Crippen molar-refractivity contribution in [3.8, 4) is 0 Å². The van der Waals surface area contributed by atoms with E-state index in [1.54, 1.807) is 34.9 Å². The summed E-state index contributed by atoms with van der Waals surface area (Å²) in [7, 11) is 1.82. The second kappa shape index (κ2) is 4.26. The van der Waals surface area contributed by atoms with Crippen molar-refractivity contribution in [1.82, 2.24) is 4.57 Å². The number of hydrogen-bond acceptors (Lipinski definition) is 2. The highest BCUT2D eigenvalue weighted by molar-refractivity contribution is 6.31. The van der Waals surface area contributed by atoms with Crippen LogP contribution in [0.4, 0.5) is 5.69 Å². The minimum Gasteiger partial charge on any atom is -0.397 e. The van der Waals surface area contributed by atoms with E-state index in [0.717, 1.165) is 5.69 Å². The standard InChI is InChI=1S/C13H13ClN2O/c1-8-6-11(15)12(16(8)2)13(17)9-4-3-5-10(14)7-9/h3-7H,15H2,1-2H3. The number of carbonyl (C=O) groups is 1. The zero-order valence-corrected chi connectivity index (χ0v) is 10.5. The van der Waals surface area contributed by atoms with Crippen LogP contribution in [0.1, 0.15) is 21.7 Å². The maximum absolute atomic E-state index is 12.3. The lowest BCUT2D eigenvalue weighted by molar-refractivity contribution is 0.103. The van der Waals surface area contributed by atoms with Crippen molar-refractivity contribution < 1.29 is 4.79 Å². The molecule has 88 valence electrons. The van der Waals surface area contributed by atoms with Gasteiger partial charge in [-0.2, -0.15) is 0 Å². The van der Waals surface area contributed by atoms with Crippen molar-refractivity contribution in [3.63, 3.8) is 0 Å². The Balaban J connectivity index is 2.51. The predicted octanol–water partition coefficient (Wildman–Crippen LogP) is 2.80. The molecule has 1 aromatic carbocycles. The summed E-state index contributed by atoms with van der Waals surface area (Å²) in [5.41, 5.74) is 8.34. The van der Waals surface area contributed by atoms with Crippen molar-refractivity contribution >= 4 is 23.1 Å². The molecule has 0 saturated carbocycles. The van der Waals surface area contributed by atoms with Gasteiger partial charge in [0.15, 0.2) is 0 Å². The number of carbonyl (C=O) groups excluding carboxylic acids is 1. The van der Waals surface area contributed by atoms with E-state index in [-0.39, 0.29) is 5.78 Å². The maximum Gasteiger partial charge on any atom is 0.211 e. The summed E-state index contributed by atoms with van der Waals surface area (Å²) in [4.78, 5) is 12.3. The smallest absolute Gasteiger partial charge is 0.211 e. The number of rotatable bonds is 2. The molecule has 0 unspecified atom stereocenters. The van der Waals surface area contributed by atoms with Gasteiger partial charge in [0, 0.05) is 23.3 Å².